The molecular formula is C11H10N4. The highest BCUT2D eigenvalue weighted by atomic mass is 15.3. The first-order valence-electron chi connectivity index (χ1n) is 4.59. The minimum absolute atomic E-state index is 0.633. The predicted molar refractivity (Wildman–Crippen MR) is 55.9 cm³/mol. The van der Waals surface area contributed by atoms with Crippen LogP contribution in [-0.2, 0) is 7.05 Å². The molecule has 0 aliphatic rings. The van der Waals surface area contributed by atoms with Crippen LogP contribution in [0.2, 0.25) is 0 Å². The summed E-state index contributed by atoms with van der Waals surface area (Å²) in [6.07, 6.45) is 0. The highest BCUT2D eigenvalue weighted by molar-refractivity contribution is 5.58. The summed E-state index contributed by atoms with van der Waals surface area (Å²) in [4.78, 5) is 0. The molecule has 0 N–H and O–H groups in total. The van der Waals surface area contributed by atoms with E-state index >= 15 is 0 Å². The zero-order valence-electron chi connectivity index (χ0n) is 8.60. The van der Waals surface area contributed by atoms with Gasteiger partial charge in [0.1, 0.15) is 5.82 Å². The van der Waals surface area contributed by atoms with Gasteiger partial charge < -0.3 is 4.57 Å². The Bertz CT molecular complexity index is 534. The predicted octanol–water partition coefficient (Wildman–Crippen LogP) is 1.66. The fourth-order valence-electron chi connectivity index (χ4n) is 1.39. The van der Waals surface area contributed by atoms with E-state index in [0.717, 1.165) is 17.2 Å². The largest absolute Gasteiger partial charge is 0.314 e. The van der Waals surface area contributed by atoms with Crippen molar-refractivity contribution in [2.45, 2.75) is 6.92 Å². The number of nitriles is 1. The van der Waals surface area contributed by atoms with E-state index in [0.29, 0.717) is 5.56 Å². The molecule has 0 unspecified atom stereocenters. The lowest BCUT2D eigenvalue weighted by Crippen LogP contribution is -1.94. The van der Waals surface area contributed by atoms with Crippen LogP contribution in [-0.4, -0.2) is 14.8 Å². The quantitative estimate of drug-likeness (QED) is 0.700. The Morgan fingerprint density at radius 1 is 1.33 bits per heavy atom. The highest BCUT2D eigenvalue weighted by Gasteiger charge is 2.07. The molecule has 15 heavy (non-hydrogen) atoms. The summed E-state index contributed by atoms with van der Waals surface area (Å²) in [6.45, 7) is 1.89. The van der Waals surface area contributed by atoms with Crippen molar-refractivity contribution >= 4 is 0 Å². The minimum atomic E-state index is 0.633. The van der Waals surface area contributed by atoms with Gasteiger partial charge in [-0.3, -0.25) is 0 Å². The fourth-order valence-corrected chi connectivity index (χ4v) is 1.39. The van der Waals surface area contributed by atoms with Gasteiger partial charge in [0.2, 0.25) is 0 Å². The Kier molecular flexibility index (Phi) is 2.22. The third-order valence-corrected chi connectivity index (χ3v) is 2.34. The van der Waals surface area contributed by atoms with Crippen molar-refractivity contribution in [3.8, 4) is 17.5 Å². The third-order valence-electron chi connectivity index (χ3n) is 2.34. The van der Waals surface area contributed by atoms with Crippen molar-refractivity contribution in [3.05, 3.63) is 35.7 Å². The number of rotatable bonds is 1. The summed E-state index contributed by atoms with van der Waals surface area (Å²) in [5.41, 5.74) is 1.55. The molecule has 0 fully saturated rings. The van der Waals surface area contributed by atoms with E-state index in [4.69, 9.17) is 5.26 Å². The first-order valence-corrected chi connectivity index (χ1v) is 4.59. The molecule has 1 aromatic heterocycles. The summed E-state index contributed by atoms with van der Waals surface area (Å²) in [7, 11) is 1.91. The Labute approximate surface area is 87.8 Å². The van der Waals surface area contributed by atoms with E-state index in [1.807, 2.05) is 36.7 Å². The first-order chi connectivity index (χ1) is 7.22. The number of aryl methyl sites for hydroxylation is 1. The molecule has 74 valence electrons. The Morgan fingerprint density at radius 2 is 2.13 bits per heavy atom. The van der Waals surface area contributed by atoms with Gasteiger partial charge in [0.15, 0.2) is 5.82 Å². The minimum Gasteiger partial charge on any atom is -0.314 e. The van der Waals surface area contributed by atoms with Crippen molar-refractivity contribution in [3.63, 3.8) is 0 Å². The van der Waals surface area contributed by atoms with Crippen LogP contribution in [0.4, 0.5) is 0 Å². The van der Waals surface area contributed by atoms with E-state index < -0.39 is 0 Å². The molecule has 0 bridgehead atoms. The van der Waals surface area contributed by atoms with E-state index in [9.17, 15) is 0 Å². The Balaban J connectivity index is 2.55. The molecule has 0 saturated carbocycles. The van der Waals surface area contributed by atoms with Crippen LogP contribution in [0, 0.1) is 18.3 Å². The number of benzene rings is 1. The lowest BCUT2D eigenvalue weighted by Gasteiger charge is -2.01. The molecule has 2 rings (SSSR count). The summed E-state index contributed by atoms with van der Waals surface area (Å²) in [5.74, 6) is 1.64. The van der Waals surface area contributed by atoms with E-state index in [1.165, 1.54) is 0 Å². The molecule has 4 nitrogen and oxygen atoms in total. The Morgan fingerprint density at radius 3 is 2.73 bits per heavy atom. The van der Waals surface area contributed by atoms with Crippen LogP contribution < -0.4 is 0 Å². The molecule has 0 aliphatic carbocycles. The standard InChI is InChI=1S/C11H10N4/c1-8-13-14-11(15(8)2)10-5-3-4-9(6-10)7-12/h3-6H,1-2H3. The van der Waals surface area contributed by atoms with Crippen LogP contribution in [0.15, 0.2) is 24.3 Å². The highest BCUT2D eigenvalue weighted by Crippen LogP contribution is 2.17. The second-order valence-corrected chi connectivity index (χ2v) is 3.32. The maximum Gasteiger partial charge on any atom is 0.163 e. The van der Waals surface area contributed by atoms with Crippen molar-refractivity contribution in [1.82, 2.24) is 14.8 Å². The van der Waals surface area contributed by atoms with Gasteiger partial charge in [-0.2, -0.15) is 5.26 Å². The lowest BCUT2D eigenvalue weighted by molar-refractivity contribution is 0.865. The van der Waals surface area contributed by atoms with E-state index in [1.54, 1.807) is 6.07 Å². The Hall–Kier alpha value is -2.15. The molecule has 0 radical (unpaired) electrons. The zero-order chi connectivity index (χ0) is 10.8. The average molecular weight is 198 g/mol. The lowest BCUT2D eigenvalue weighted by atomic mass is 10.1. The van der Waals surface area contributed by atoms with Gasteiger partial charge in [0, 0.05) is 12.6 Å². The van der Waals surface area contributed by atoms with Gasteiger partial charge in [0.05, 0.1) is 11.6 Å². The number of nitrogens with zero attached hydrogens (tertiary/aromatic N) is 4. The second-order valence-electron chi connectivity index (χ2n) is 3.32. The molecule has 1 heterocycles. The fraction of sp³-hybridized carbons (Fsp3) is 0.182. The smallest absolute Gasteiger partial charge is 0.163 e. The molecule has 0 spiro atoms. The normalized spacial score (nSPS) is 9.93. The van der Waals surface area contributed by atoms with Crippen molar-refractivity contribution in [2.24, 2.45) is 7.05 Å². The molecular weight excluding hydrogens is 188 g/mol. The zero-order valence-corrected chi connectivity index (χ0v) is 8.60. The molecule has 2 aromatic rings. The maximum atomic E-state index is 8.79. The molecule has 0 amide bonds. The maximum absolute atomic E-state index is 8.79. The van der Waals surface area contributed by atoms with Crippen LogP contribution in [0.5, 0.6) is 0 Å². The monoisotopic (exact) mass is 198 g/mol. The van der Waals surface area contributed by atoms with Gasteiger partial charge in [-0.1, -0.05) is 12.1 Å². The molecule has 0 aliphatic heterocycles. The van der Waals surface area contributed by atoms with Crippen molar-refractivity contribution < 1.29 is 0 Å². The summed E-state index contributed by atoms with van der Waals surface area (Å²) >= 11 is 0. The summed E-state index contributed by atoms with van der Waals surface area (Å²) in [5, 5.41) is 16.8. The van der Waals surface area contributed by atoms with Crippen LogP contribution in [0.3, 0.4) is 0 Å². The van der Waals surface area contributed by atoms with E-state index in [2.05, 4.69) is 16.3 Å². The van der Waals surface area contributed by atoms with Crippen LogP contribution in [0.1, 0.15) is 11.4 Å². The molecule has 0 atom stereocenters. The number of hydrogen-bond acceptors (Lipinski definition) is 3. The second kappa shape index (κ2) is 3.54. The topological polar surface area (TPSA) is 54.5 Å². The van der Waals surface area contributed by atoms with Crippen molar-refractivity contribution in [2.75, 3.05) is 0 Å². The van der Waals surface area contributed by atoms with Gasteiger partial charge >= 0.3 is 0 Å². The van der Waals surface area contributed by atoms with Gasteiger partial charge in [-0.05, 0) is 19.1 Å². The van der Waals surface area contributed by atoms with E-state index in [-0.39, 0.29) is 0 Å². The van der Waals surface area contributed by atoms with Crippen LogP contribution >= 0.6 is 0 Å². The molecule has 1 aromatic carbocycles. The molecule has 0 saturated heterocycles. The average Bonchev–Trinajstić information content (AvgIpc) is 2.60. The van der Waals surface area contributed by atoms with Crippen molar-refractivity contribution in [1.29, 1.82) is 5.26 Å². The summed E-state index contributed by atoms with van der Waals surface area (Å²) in [6, 6.07) is 9.45. The number of hydrogen-bond donors (Lipinski definition) is 0. The van der Waals surface area contributed by atoms with Gasteiger partial charge in [-0.15, -0.1) is 10.2 Å². The van der Waals surface area contributed by atoms with Gasteiger partial charge in [0.25, 0.3) is 0 Å². The summed E-state index contributed by atoms with van der Waals surface area (Å²) < 4.78 is 1.90. The third kappa shape index (κ3) is 1.59. The molecule has 4 heteroatoms. The first kappa shape index (κ1) is 9.41. The SMILES string of the molecule is Cc1nnc(-c2cccc(C#N)c2)n1C. The van der Waals surface area contributed by atoms with Gasteiger partial charge in [-0.25, -0.2) is 0 Å². The number of aromatic nitrogens is 3. The van der Waals surface area contributed by atoms with Crippen LogP contribution in [0.25, 0.3) is 11.4 Å².